The Morgan fingerprint density at radius 1 is 0.383 bits per heavy atom. The number of hydrogen-bond acceptors (Lipinski definition) is 1. The molecule has 10 rings (SSSR count). The maximum atomic E-state index is 8.57. The summed E-state index contributed by atoms with van der Waals surface area (Å²) in [5, 5.41) is 10.9. The standard InChI is InChI=1S/C46H28O/c1-2-12-29(13-3-1)32-24-25-34-33(26-32)16-10-21-35(34)44-36-17-6-8-19-38(36)45(39-20-9-7-18-37(39)44)40-22-11-23-42-46(40)41-27-30-14-4-5-15-31(30)28-43(41)47-42/h1-28H/i1D,2D,3D,12D,13D. The maximum Gasteiger partial charge on any atom is 0.136 e. The Morgan fingerprint density at radius 3 is 1.70 bits per heavy atom. The van der Waals surface area contributed by atoms with Crippen molar-refractivity contribution >= 4 is 65.0 Å². The molecule has 10 aromatic rings. The smallest absolute Gasteiger partial charge is 0.136 e. The predicted molar refractivity (Wildman–Crippen MR) is 200 cm³/mol. The van der Waals surface area contributed by atoms with Crippen molar-refractivity contribution < 1.29 is 11.3 Å². The minimum absolute atomic E-state index is 0.201. The van der Waals surface area contributed by atoms with E-state index in [4.69, 9.17) is 11.3 Å². The van der Waals surface area contributed by atoms with Gasteiger partial charge in [-0.2, -0.15) is 0 Å². The maximum absolute atomic E-state index is 8.57. The van der Waals surface area contributed by atoms with Gasteiger partial charge >= 0.3 is 0 Å². The SMILES string of the molecule is [2H]c1c([2H])c([2H])c(-c2ccc3c(-c4c5ccccc5c(-c5cccc6oc7cc8ccccc8cc7c56)c5ccccc45)cccc3c2)c([2H])c1[2H]. The van der Waals surface area contributed by atoms with Gasteiger partial charge in [-0.05, 0) is 101 Å². The molecule has 0 aliphatic heterocycles. The van der Waals surface area contributed by atoms with Crippen LogP contribution in [0.4, 0.5) is 0 Å². The lowest BCUT2D eigenvalue weighted by Crippen LogP contribution is -1.92. The van der Waals surface area contributed by atoms with Crippen molar-refractivity contribution in [2.24, 2.45) is 0 Å². The van der Waals surface area contributed by atoms with Gasteiger partial charge in [-0.25, -0.2) is 0 Å². The summed E-state index contributed by atoms with van der Waals surface area (Å²) in [6, 6.07) is 46.8. The van der Waals surface area contributed by atoms with Crippen molar-refractivity contribution in [3.05, 3.63) is 170 Å². The molecule has 47 heavy (non-hydrogen) atoms. The van der Waals surface area contributed by atoms with Crippen molar-refractivity contribution in [3.63, 3.8) is 0 Å². The molecule has 1 heteroatoms. The lowest BCUT2D eigenvalue weighted by molar-refractivity contribution is 0.669. The van der Waals surface area contributed by atoms with Gasteiger partial charge in [0.25, 0.3) is 0 Å². The number of benzene rings is 9. The van der Waals surface area contributed by atoms with Crippen molar-refractivity contribution in [1.82, 2.24) is 0 Å². The van der Waals surface area contributed by atoms with Gasteiger partial charge < -0.3 is 4.42 Å². The first-order valence-corrected chi connectivity index (χ1v) is 15.8. The highest BCUT2D eigenvalue weighted by atomic mass is 16.3. The highest BCUT2D eigenvalue weighted by molar-refractivity contribution is 6.27. The average Bonchev–Trinajstić information content (AvgIpc) is 3.55. The van der Waals surface area contributed by atoms with Gasteiger partial charge in [-0.3, -0.25) is 0 Å². The van der Waals surface area contributed by atoms with Crippen LogP contribution in [0.1, 0.15) is 6.85 Å². The Kier molecular flexibility index (Phi) is 4.66. The van der Waals surface area contributed by atoms with Crippen molar-refractivity contribution in [2.45, 2.75) is 0 Å². The van der Waals surface area contributed by atoms with E-state index >= 15 is 0 Å². The minimum Gasteiger partial charge on any atom is -0.456 e. The second-order valence-corrected chi connectivity index (χ2v) is 12.1. The van der Waals surface area contributed by atoms with Crippen LogP contribution < -0.4 is 0 Å². The summed E-state index contributed by atoms with van der Waals surface area (Å²) in [6.45, 7) is 0. The Balaban J connectivity index is 1.26. The van der Waals surface area contributed by atoms with Crippen molar-refractivity contribution in [3.8, 4) is 33.4 Å². The predicted octanol–water partition coefficient (Wildman–Crippen LogP) is 13.2. The molecule has 0 saturated carbocycles. The normalized spacial score (nSPS) is 13.3. The first-order valence-electron chi connectivity index (χ1n) is 18.3. The molecule has 0 radical (unpaired) electrons. The van der Waals surface area contributed by atoms with Gasteiger partial charge in [-0.1, -0.05) is 145 Å². The van der Waals surface area contributed by atoms with E-state index < -0.39 is 6.04 Å². The second-order valence-electron chi connectivity index (χ2n) is 12.1. The van der Waals surface area contributed by atoms with E-state index in [-0.39, 0.29) is 29.7 Å². The van der Waals surface area contributed by atoms with Gasteiger partial charge in [0, 0.05) is 10.8 Å². The van der Waals surface area contributed by atoms with Crippen LogP contribution in [0.2, 0.25) is 0 Å². The molecule has 1 aromatic heterocycles. The molecule has 1 heterocycles. The van der Waals surface area contributed by atoms with Crippen LogP contribution in [0.15, 0.2) is 174 Å². The van der Waals surface area contributed by atoms with E-state index in [0.717, 1.165) is 81.9 Å². The van der Waals surface area contributed by atoms with Crippen LogP contribution in [0.3, 0.4) is 0 Å². The largest absolute Gasteiger partial charge is 0.456 e. The van der Waals surface area contributed by atoms with Crippen LogP contribution in [0.25, 0.3) is 98.4 Å². The highest BCUT2D eigenvalue weighted by Crippen LogP contribution is 2.48. The molecule has 0 N–H and O–H groups in total. The quantitative estimate of drug-likeness (QED) is 0.184. The summed E-state index contributed by atoms with van der Waals surface area (Å²) in [5.74, 6) is 0. The summed E-state index contributed by atoms with van der Waals surface area (Å²) in [7, 11) is 0. The van der Waals surface area contributed by atoms with Crippen LogP contribution in [0.5, 0.6) is 0 Å². The van der Waals surface area contributed by atoms with E-state index in [9.17, 15) is 0 Å². The summed E-state index contributed by atoms with van der Waals surface area (Å²) in [4.78, 5) is 0. The molecule has 0 saturated heterocycles. The van der Waals surface area contributed by atoms with Crippen molar-refractivity contribution in [2.75, 3.05) is 0 Å². The summed E-state index contributed by atoms with van der Waals surface area (Å²) in [6.07, 6.45) is 0. The van der Waals surface area contributed by atoms with Gasteiger partial charge in [0.1, 0.15) is 11.2 Å². The summed E-state index contributed by atoms with van der Waals surface area (Å²) >= 11 is 0. The fourth-order valence-electron chi connectivity index (χ4n) is 7.48. The zero-order chi connectivity index (χ0) is 35.2. The molecule has 0 atom stereocenters. The number of rotatable bonds is 3. The molecule has 0 bridgehead atoms. The van der Waals surface area contributed by atoms with E-state index in [1.807, 2.05) is 30.3 Å². The fourth-order valence-corrected chi connectivity index (χ4v) is 7.48. The fraction of sp³-hybridized carbons (Fsp3) is 0. The molecule has 0 aliphatic rings. The van der Waals surface area contributed by atoms with Crippen LogP contribution in [0, 0.1) is 0 Å². The van der Waals surface area contributed by atoms with E-state index in [1.165, 1.54) is 5.39 Å². The first-order chi connectivity index (χ1) is 25.4. The molecule has 1 nitrogen and oxygen atoms in total. The Hall–Kier alpha value is -6.18. The minimum atomic E-state index is -0.394. The molecule has 218 valence electrons. The van der Waals surface area contributed by atoms with E-state index in [0.29, 0.717) is 5.56 Å². The topological polar surface area (TPSA) is 13.1 Å². The molecular formula is C46H28O. The number of hydrogen-bond donors (Lipinski definition) is 0. The van der Waals surface area contributed by atoms with Gasteiger partial charge in [-0.15, -0.1) is 0 Å². The lowest BCUT2D eigenvalue weighted by Gasteiger charge is -2.19. The monoisotopic (exact) mass is 601 g/mol. The number of fused-ring (bicyclic) bond motifs is 7. The summed E-state index contributed by atoms with van der Waals surface area (Å²) in [5.41, 5.74) is 6.95. The average molecular weight is 602 g/mol. The highest BCUT2D eigenvalue weighted by Gasteiger charge is 2.21. The molecule has 0 unspecified atom stereocenters. The third-order valence-electron chi connectivity index (χ3n) is 9.50. The molecular weight excluding hydrogens is 569 g/mol. The number of furan rings is 1. The van der Waals surface area contributed by atoms with Crippen molar-refractivity contribution in [1.29, 1.82) is 0 Å². The molecule has 0 aliphatic carbocycles. The Morgan fingerprint density at radius 2 is 0.979 bits per heavy atom. The Bertz CT molecular complexity index is 3050. The van der Waals surface area contributed by atoms with Crippen LogP contribution in [-0.4, -0.2) is 0 Å². The van der Waals surface area contributed by atoms with Crippen LogP contribution >= 0.6 is 0 Å². The second kappa shape index (κ2) is 10.2. The third kappa shape index (κ3) is 3.97. The Labute approximate surface area is 279 Å². The third-order valence-corrected chi connectivity index (χ3v) is 9.50. The lowest BCUT2D eigenvalue weighted by atomic mass is 9.83. The van der Waals surface area contributed by atoms with E-state index in [1.54, 1.807) is 0 Å². The molecule has 0 amide bonds. The van der Waals surface area contributed by atoms with Gasteiger partial charge in [0.15, 0.2) is 0 Å². The first kappa shape index (κ1) is 21.5. The molecule has 0 spiro atoms. The zero-order valence-corrected chi connectivity index (χ0v) is 25.2. The van der Waals surface area contributed by atoms with Crippen LogP contribution in [-0.2, 0) is 0 Å². The molecule has 9 aromatic carbocycles. The zero-order valence-electron chi connectivity index (χ0n) is 30.2. The molecule has 0 fully saturated rings. The van der Waals surface area contributed by atoms with E-state index in [2.05, 4.69) is 109 Å². The summed E-state index contributed by atoms with van der Waals surface area (Å²) < 4.78 is 48.1. The van der Waals surface area contributed by atoms with Gasteiger partial charge in [0.2, 0.25) is 0 Å². The van der Waals surface area contributed by atoms with Gasteiger partial charge in [0.05, 0.1) is 6.85 Å².